The van der Waals surface area contributed by atoms with Crippen LogP contribution in [0.2, 0.25) is 0 Å². The number of hydrogen-bond donors (Lipinski definition) is 0. The molecule has 2 aromatic heterocycles. The first-order chi connectivity index (χ1) is 11.1. The molecule has 2 aliphatic heterocycles. The van der Waals surface area contributed by atoms with Gasteiger partial charge in [-0.05, 0) is 50.9 Å². The van der Waals surface area contributed by atoms with Crippen molar-refractivity contribution in [3.63, 3.8) is 0 Å². The maximum absolute atomic E-state index is 12.3. The standard InChI is InChI=1S/C16H18N4OS2/c1-10-9-20-12(11(2)17-16(20)22-10)8-13-14(21)18-15(23-13)19-6-4-3-5-7-19/h8-9H,3-7H2,1-2H3/b13-8-. The van der Waals surface area contributed by atoms with Crippen molar-refractivity contribution in [1.29, 1.82) is 0 Å². The summed E-state index contributed by atoms with van der Waals surface area (Å²) in [5, 5.41) is 0.862. The number of aryl methyl sites for hydroxylation is 2. The number of amidine groups is 1. The lowest BCUT2D eigenvalue weighted by molar-refractivity contribution is -0.113. The van der Waals surface area contributed by atoms with Crippen LogP contribution < -0.4 is 0 Å². The van der Waals surface area contributed by atoms with Gasteiger partial charge in [-0.2, -0.15) is 4.99 Å². The highest BCUT2D eigenvalue weighted by molar-refractivity contribution is 8.18. The van der Waals surface area contributed by atoms with Crippen molar-refractivity contribution in [3.05, 3.63) is 27.4 Å². The van der Waals surface area contributed by atoms with E-state index in [9.17, 15) is 4.79 Å². The number of thioether (sulfide) groups is 1. The lowest BCUT2D eigenvalue weighted by Gasteiger charge is -2.27. The molecule has 23 heavy (non-hydrogen) atoms. The first kappa shape index (κ1) is 15.0. The molecule has 4 heterocycles. The van der Waals surface area contributed by atoms with E-state index in [2.05, 4.69) is 32.4 Å². The summed E-state index contributed by atoms with van der Waals surface area (Å²) in [4.78, 5) is 26.2. The number of imidazole rings is 1. The minimum atomic E-state index is -0.128. The number of aromatic nitrogens is 2. The number of thiazole rings is 1. The van der Waals surface area contributed by atoms with Gasteiger partial charge in [-0.25, -0.2) is 4.98 Å². The molecule has 0 saturated carbocycles. The summed E-state index contributed by atoms with van der Waals surface area (Å²) in [5.41, 5.74) is 1.93. The van der Waals surface area contributed by atoms with Crippen molar-refractivity contribution in [2.24, 2.45) is 4.99 Å². The Morgan fingerprint density at radius 1 is 1.22 bits per heavy atom. The van der Waals surface area contributed by atoms with Crippen LogP contribution in [-0.4, -0.2) is 38.4 Å². The average molecular weight is 346 g/mol. The van der Waals surface area contributed by atoms with Gasteiger partial charge < -0.3 is 4.90 Å². The number of nitrogens with zero attached hydrogens (tertiary/aromatic N) is 4. The summed E-state index contributed by atoms with van der Waals surface area (Å²) in [6.45, 7) is 6.06. The predicted molar refractivity (Wildman–Crippen MR) is 96.0 cm³/mol. The lowest BCUT2D eigenvalue weighted by atomic mass is 10.1. The second-order valence-electron chi connectivity index (χ2n) is 5.93. The van der Waals surface area contributed by atoms with E-state index in [1.54, 1.807) is 11.3 Å². The predicted octanol–water partition coefficient (Wildman–Crippen LogP) is 3.47. The molecule has 2 aromatic rings. The van der Waals surface area contributed by atoms with Crippen LogP contribution in [0.15, 0.2) is 16.1 Å². The van der Waals surface area contributed by atoms with Gasteiger partial charge in [0.25, 0.3) is 5.91 Å². The maximum Gasteiger partial charge on any atom is 0.286 e. The molecular weight excluding hydrogens is 328 g/mol. The van der Waals surface area contributed by atoms with Gasteiger partial charge in [0.05, 0.1) is 16.3 Å². The molecule has 0 unspecified atom stereocenters. The number of carbonyl (C=O) groups is 1. The molecule has 0 atom stereocenters. The second kappa shape index (κ2) is 5.79. The van der Waals surface area contributed by atoms with Crippen molar-refractivity contribution >= 4 is 45.2 Å². The Morgan fingerprint density at radius 3 is 2.78 bits per heavy atom. The zero-order chi connectivity index (χ0) is 16.0. The van der Waals surface area contributed by atoms with Gasteiger partial charge in [-0.1, -0.05) is 0 Å². The van der Waals surface area contributed by atoms with Gasteiger partial charge in [-0.3, -0.25) is 9.20 Å². The largest absolute Gasteiger partial charge is 0.351 e. The van der Waals surface area contributed by atoms with E-state index >= 15 is 0 Å². The molecule has 0 aromatic carbocycles. The SMILES string of the molecule is Cc1cn2c(/C=C3\SC(N4CCCCC4)=NC3=O)c(C)nc2s1. The number of carbonyl (C=O) groups excluding carboxylic acids is 1. The summed E-state index contributed by atoms with van der Waals surface area (Å²) in [6.07, 6.45) is 7.65. The third kappa shape index (κ3) is 2.72. The van der Waals surface area contributed by atoms with Crippen LogP contribution >= 0.6 is 23.1 Å². The molecule has 1 saturated heterocycles. The first-order valence-electron chi connectivity index (χ1n) is 7.84. The Balaban J connectivity index is 1.64. The molecule has 120 valence electrons. The van der Waals surface area contributed by atoms with E-state index in [0.29, 0.717) is 4.91 Å². The van der Waals surface area contributed by atoms with Gasteiger partial charge in [0.2, 0.25) is 0 Å². The number of fused-ring (bicyclic) bond motifs is 1. The normalized spacial score (nSPS) is 20.8. The topological polar surface area (TPSA) is 50.0 Å². The van der Waals surface area contributed by atoms with Crippen LogP contribution in [0.1, 0.15) is 35.5 Å². The number of rotatable bonds is 1. The van der Waals surface area contributed by atoms with E-state index < -0.39 is 0 Å². The molecule has 0 N–H and O–H groups in total. The Hall–Kier alpha value is -1.60. The monoisotopic (exact) mass is 346 g/mol. The van der Waals surface area contributed by atoms with Crippen molar-refractivity contribution in [1.82, 2.24) is 14.3 Å². The van der Waals surface area contributed by atoms with Crippen LogP contribution in [0.3, 0.4) is 0 Å². The Morgan fingerprint density at radius 2 is 2.00 bits per heavy atom. The second-order valence-corrected chi connectivity index (χ2v) is 8.16. The molecule has 7 heteroatoms. The molecule has 4 rings (SSSR count). The molecule has 1 amide bonds. The Labute approximate surface area is 143 Å². The molecule has 0 aliphatic carbocycles. The van der Waals surface area contributed by atoms with E-state index in [1.165, 1.54) is 35.9 Å². The summed E-state index contributed by atoms with van der Waals surface area (Å²) >= 11 is 3.16. The molecule has 0 bridgehead atoms. The fraction of sp³-hybridized carbons (Fsp3) is 0.438. The summed E-state index contributed by atoms with van der Waals surface area (Å²) in [7, 11) is 0. The van der Waals surface area contributed by atoms with Crippen molar-refractivity contribution in [2.45, 2.75) is 33.1 Å². The highest BCUT2D eigenvalue weighted by atomic mass is 32.2. The van der Waals surface area contributed by atoms with Crippen LogP contribution in [0.25, 0.3) is 11.0 Å². The number of hydrogen-bond acceptors (Lipinski definition) is 5. The summed E-state index contributed by atoms with van der Waals surface area (Å²) in [5.74, 6) is -0.128. The minimum absolute atomic E-state index is 0.128. The minimum Gasteiger partial charge on any atom is -0.351 e. The third-order valence-corrected chi connectivity index (χ3v) is 6.11. The first-order valence-corrected chi connectivity index (χ1v) is 9.48. The fourth-order valence-electron chi connectivity index (χ4n) is 3.00. The summed E-state index contributed by atoms with van der Waals surface area (Å²) in [6, 6.07) is 0. The molecule has 2 aliphatic rings. The van der Waals surface area contributed by atoms with Crippen LogP contribution in [0.5, 0.6) is 0 Å². The zero-order valence-corrected chi connectivity index (χ0v) is 14.8. The number of aliphatic imine (C=N–C) groups is 1. The molecular formula is C16H18N4OS2. The average Bonchev–Trinajstić information content (AvgIpc) is 3.16. The van der Waals surface area contributed by atoms with Gasteiger partial charge in [0, 0.05) is 24.2 Å². The maximum atomic E-state index is 12.3. The lowest BCUT2D eigenvalue weighted by Crippen LogP contribution is -2.33. The highest BCUT2D eigenvalue weighted by Crippen LogP contribution is 2.32. The number of piperidine rings is 1. The quantitative estimate of drug-likeness (QED) is 0.742. The van der Waals surface area contributed by atoms with E-state index in [4.69, 9.17) is 0 Å². The van der Waals surface area contributed by atoms with Gasteiger partial charge in [0.15, 0.2) is 10.1 Å². The Kier molecular flexibility index (Phi) is 3.77. The third-order valence-electron chi connectivity index (χ3n) is 4.17. The van der Waals surface area contributed by atoms with Crippen molar-refractivity contribution < 1.29 is 4.79 Å². The Bertz CT molecular complexity index is 840. The van der Waals surface area contributed by atoms with Gasteiger partial charge in [0.1, 0.15) is 0 Å². The molecule has 0 spiro atoms. The van der Waals surface area contributed by atoms with Crippen molar-refractivity contribution in [3.8, 4) is 0 Å². The molecule has 1 fully saturated rings. The highest BCUT2D eigenvalue weighted by Gasteiger charge is 2.27. The zero-order valence-electron chi connectivity index (χ0n) is 13.2. The molecule has 5 nitrogen and oxygen atoms in total. The van der Waals surface area contributed by atoms with Gasteiger partial charge >= 0.3 is 0 Å². The van der Waals surface area contributed by atoms with Crippen LogP contribution in [0.4, 0.5) is 0 Å². The smallest absolute Gasteiger partial charge is 0.286 e. The van der Waals surface area contributed by atoms with E-state index in [0.717, 1.165) is 34.6 Å². The van der Waals surface area contributed by atoms with Crippen LogP contribution in [-0.2, 0) is 4.79 Å². The van der Waals surface area contributed by atoms with Crippen molar-refractivity contribution in [2.75, 3.05) is 13.1 Å². The van der Waals surface area contributed by atoms with Crippen LogP contribution in [0, 0.1) is 13.8 Å². The number of amides is 1. The molecule has 0 radical (unpaired) electrons. The fourth-order valence-corrected chi connectivity index (χ4v) is 4.82. The number of likely N-dealkylation sites (tertiary alicyclic amines) is 1. The van der Waals surface area contributed by atoms with E-state index in [-0.39, 0.29) is 5.91 Å². The summed E-state index contributed by atoms with van der Waals surface area (Å²) < 4.78 is 2.06. The van der Waals surface area contributed by atoms with Gasteiger partial charge in [-0.15, -0.1) is 11.3 Å². The van der Waals surface area contributed by atoms with E-state index in [1.807, 2.05) is 13.0 Å².